The Bertz CT molecular complexity index is 989. The molecule has 0 aliphatic rings. The van der Waals surface area contributed by atoms with E-state index >= 15 is 0 Å². The van der Waals surface area contributed by atoms with E-state index in [1.807, 2.05) is 26.0 Å². The first-order chi connectivity index (χ1) is 13.0. The lowest BCUT2D eigenvalue weighted by Crippen LogP contribution is -2.35. The van der Waals surface area contributed by atoms with Crippen LogP contribution in [0.1, 0.15) is 13.8 Å². The number of nitrogens with zero attached hydrogens (tertiary/aromatic N) is 3. The van der Waals surface area contributed by atoms with Crippen LogP contribution in [0.5, 0.6) is 5.75 Å². The zero-order chi connectivity index (χ0) is 19.4. The first kappa shape index (κ1) is 18.4. The SMILES string of the molecule is COc1ccc(-c2noc(-c3ccc(=O)n(CC(=O)NC(C)C)c3)n2)cc1. The highest BCUT2D eigenvalue weighted by Gasteiger charge is 2.13. The number of aromatic nitrogens is 3. The third kappa shape index (κ3) is 4.41. The van der Waals surface area contributed by atoms with Crippen LogP contribution >= 0.6 is 0 Å². The largest absolute Gasteiger partial charge is 0.497 e. The van der Waals surface area contributed by atoms with Gasteiger partial charge in [-0.25, -0.2) is 0 Å². The average molecular weight is 368 g/mol. The van der Waals surface area contributed by atoms with Crippen LogP contribution in [0.15, 0.2) is 51.9 Å². The monoisotopic (exact) mass is 368 g/mol. The fourth-order valence-corrected chi connectivity index (χ4v) is 2.50. The van der Waals surface area contributed by atoms with Gasteiger partial charge in [0.1, 0.15) is 12.3 Å². The van der Waals surface area contributed by atoms with Gasteiger partial charge in [-0.05, 0) is 44.2 Å². The molecule has 3 aromatic rings. The topological polar surface area (TPSA) is 99.3 Å². The minimum atomic E-state index is -0.285. The Labute approximate surface area is 155 Å². The Morgan fingerprint density at radius 3 is 2.56 bits per heavy atom. The molecule has 0 saturated heterocycles. The van der Waals surface area contributed by atoms with Gasteiger partial charge in [0, 0.05) is 23.9 Å². The molecule has 0 atom stereocenters. The summed E-state index contributed by atoms with van der Waals surface area (Å²) in [7, 11) is 1.60. The lowest BCUT2D eigenvalue weighted by molar-refractivity contribution is -0.122. The van der Waals surface area contributed by atoms with Crippen LogP contribution in [0.2, 0.25) is 0 Å². The Hall–Kier alpha value is -3.42. The van der Waals surface area contributed by atoms with Crippen molar-refractivity contribution in [1.82, 2.24) is 20.0 Å². The number of hydrogen-bond donors (Lipinski definition) is 1. The number of ether oxygens (including phenoxy) is 1. The van der Waals surface area contributed by atoms with E-state index in [1.54, 1.807) is 25.3 Å². The number of rotatable bonds is 6. The van der Waals surface area contributed by atoms with Crippen molar-refractivity contribution in [1.29, 1.82) is 0 Å². The smallest absolute Gasteiger partial charge is 0.259 e. The summed E-state index contributed by atoms with van der Waals surface area (Å²) in [6.45, 7) is 3.64. The lowest BCUT2D eigenvalue weighted by atomic mass is 10.2. The van der Waals surface area contributed by atoms with Gasteiger partial charge in [0.05, 0.1) is 12.7 Å². The van der Waals surface area contributed by atoms with Gasteiger partial charge < -0.3 is 19.1 Å². The number of carbonyl (C=O) groups excluding carboxylic acids is 1. The van der Waals surface area contributed by atoms with E-state index in [4.69, 9.17) is 9.26 Å². The van der Waals surface area contributed by atoms with Crippen LogP contribution < -0.4 is 15.6 Å². The number of hydrogen-bond acceptors (Lipinski definition) is 6. The molecule has 27 heavy (non-hydrogen) atoms. The lowest BCUT2D eigenvalue weighted by Gasteiger charge is -2.10. The Balaban J connectivity index is 1.84. The molecule has 8 heteroatoms. The molecule has 1 amide bonds. The van der Waals surface area contributed by atoms with Crippen molar-refractivity contribution in [2.75, 3.05) is 7.11 Å². The van der Waals surface area contributed by atoms with Crippen LogP contribution in [0.4, 0.5) is 0 Å². The number of carbonyl (C=O) groups is 1. The summed E-state index contributed by atoms with van der Waals surface area (Å²) < 4.78 is 11.8. The van der Waals surface area contributed by atoms with Gasteiger partial charge in [-0.1, -0.05) is 5.16 Å². The molecule has 1 aromatic carbocycles. The standard InChI is InChI=1S/C19H20N4O4/c1-12(2)20-16(24)11-23-10-14(6-9-17(23)25)19-21-18(22-27-19)13-4-7-15(26-3)8-5-13/h4-10,12H,11H2,1-3H3,(H,20,24). The molecule has 0 unspecified atom stereocenters. The molecule has 0 radical (unpaired) electrons. The maximum Gasteiger partial charge on any atom is 0.259 e. The second-order valence-electron chi connectivity index (χ2n) is 6.26. The molecule has 0 saturated carbocycles. The van der Waals surface area contributed by atoms with Crippen molar-refractivity contribution < 1.29 is 14.1 Å². The van der Waals surface area contributed by atoms with Crippen LogP contribution in [0, 0.1) is 0 Å². The van der Waals surface area contributed by atoms with Crippen molar-refractivity contribution in [2.45, 2.75) is 26.4 Å². The van der Waals surface area contributed by atoms with E-state index in [0.29, 0.717) is 11.4 Å². The van der Waals surface area contributed by atoms with Crippen molar-refractivity contribution in [2.24, 2.45) is 0 Å². The molecule has 0 fully saturated rings. The zero-order valence-corrected chi connectivity index (χ0v) is 15.3. The van der Waals surface area contributed by atoms with E-state index < -0.39 is 0 Å². The number of benzene rings is 1. The third-order valence-electron chi connectivity index (χ3n) is 3.77. The molecular weight excluding hydrogens is 348 g/mol. The number of amides is 1. The molecule has 3 rings (SSSR count). The quantitative estimate of drug-likeness (QED) is 0.715. The maximum absolute atomic E-state index is 12.0. The second-order valence-corrected chi connectivity index (χ2v) is 6.26. The van der Waals surface area contributed by atoms with E-state index in [1.165, 1.54) is 16.8 Å². The van der Waals surface area contributed by atoms with Crippen LogP contribution in [0.25, 0.3) is 22.8 Å². The Kier molecular flexibility index (Phi) is 5.35. The van der Waals surface area contributed by atoms with E-state index in [0.717, 1.165) is 11.3 Å². The summed E-state index contributed by atoms with van der Waals surface area (Å²) in [5.74, 6) is 1.17. The van der Waals surface area contributed by atoms with E-state index in [-0.39, 0.29) is 29.9 Å². The summed E-state index contributed by atoms with van der Waals surface area (Å²) >= 11 is 0. The molecular formula is C19H20N4O4. The molecule has 2 heterocycles. The molecule has 0 aliphatic carbocycles. The summed E-state index contributed by atoms with van der Waals surface area (Å²) in [6.07, 6.45) is 1.54. The highest BCUT2D eigenvalue weighted by Crippen LogP contribution is 2.23. The molecule has 1 N–H and O–H groups in total. The predicted octanol–water partition coefficient (Wildman–Crippen LogP) is 2.10. The summed E-state index contributed by atoms with van der Waals surface area (Å²) in [4.78, 5) is 28.3. The molecule has 140 valence electrons. The van der Waals surface area contributed by atoms with Crippen molar-refractivity contribution in [3.8, 4) is 28.6 Å². The molecule has 2 aromatic heterocycles. The summed E-state index contributed by atoms with van der Waals surface area (Å²) in [6, 6.07) is 10.2. The fraction of sp³-hybridized carbons (Fsp3) is 0.263. The van der Waals surface area contributed by atoms with Gasteiger partial charge in [-0.3, -0.25) is 9.59 Å². The number of nitrogens with one attached hydrogen (secondary N) is 1. The summed E-state index contributed by atoms with van der Waals surface area (Å²) in [5, 5.41) is 6.73. The molecule has 8 nitrogen and oxygen atoms in total. The Morgan fingerprint density at radius 1 is 1.19 bits per heavy atom. The van der Waals surface area contributed by atoms with Gasteiger partial charge in [0.25, 0.3) is 11.4 Å². The highest BCUT2D eigenvalue weighted by atomic mass is 16.5. The normalized spacial score (nSPS) is 10.8. The minimum absolute atomic E-state index is 0.000574. The van der Waals surface area contributed by atoms with Crippen molar-refractivity contribution >= 4 is 5.91 Å². The fourth-order valence-electron chi connectivity index (χ4n) is 2.50. The van der Waals surface area contributed by atoms with Gasteiger partial charge in [-0.15, -0.1) is 0 Å². The van der Waals surface area contributed by atoms with Gasteiger partial charge in [-0.2, -0.15) is 4.98 Å². The Morgan fingerprint density at radius 2 is 1.89 bits per heavy atom. The first-order valence-corrected chi connectivity index (χ1v) is 8.44. The molecule has 0 spiro atoms. The van der Waals surface area contributed by atoms with E-state index in [2.05, 4.69) is 15.5 Å². The molecule has 0 bridgehead atoms. The van der Waals surface area contributed by atoms with Gasteiger partial charge >= 0.3 is 0 Å². The maximum atomic E-state index is 12.0. The first-order valence-electron chi connectivity index (χ1n) is 8.44. The minimum Gasteiger partial charge on any atom is -0.497 e. The number of methoxy groups -OCH3 is 1. The number of pyridine rings is 1. The van der Waals surface area contributed by atoms with Crippen LogP contribution in [0.3, 0.4) is 0 Å². The van der Waals surface area contributed by atoms with Gasteiger partial charge in [0.15, 0.2) is 0 Å². The predicted molar refractivity (Wildman–Crippen MR) is 99.3 cm³/mol. The molecule has 0 aliphatic heterocycles. The zero-order valence-electron chi connectivity index (χ0n) is 15.3. The average Bonchev–Trinajstić information content (AvgIpc) is 3.13. The third-order valence-corrected chi connectivity index (χ3v) is 3.77. The van der Waals surface area contributed by atoms with Crippen LogP contribution in [-0.4, -0.2) is 33.8 Å². The van der Waals surface area contributed by atoms with Gasteiger partial charge in [0.2, 0.25) is 11.7 Å². The second kappa shape index (κ2) is 7.86. The van der Waals surface area contributed by atoms with Crippen molar-refractivity contribution in [3.63, 3.8) is 0 Å². The van der Waals surface area contributed by atoms with Crippen molar-refractivity contribution in [3.05, 3.63) is 52.9 Å². The highest BCUT2D eigenvalue weighted by molar-refractivity contribution is 5.76. The summed E-state index contributed by atoms with van der Waals surface area (Å²) in [5.41, 5.74) is 1.04. The van der Waals surface area contributed by atoms with Crippen LogP contribution in [-0.2, 0) is 11.3 Å². The van der Waals surface area contributed by atoms with E-state index in [9.17, 15) is 9.59 Å².